The number of nitro groups is 1. The van der Waals surface area contributed by atoms with Crippen LogP contribution < -0.4 is 0 Å². The van der Waals surface area contributed by atoms with E-state index in [1.807, 2.05) is 13.0 Å². The summed E-state index contributed by atoms with van der Waals surface area (Å²) in [5, 5.41) is 11.3. The quantitative estimate of drug-likeness (QED) is 0.188. The van der Waals surface area contributed by atoms with E-state index < -0.39 is 0 Å². The lowest BCUT2D eigenvalue weighted by Crippen LogP contribution is -2.00. The fourth-order valence-corrected chi connectivity index (χ4v) is 3.65. The Morgan fingerprint density at radius 1 is 1.04 bits per heavy atom. The lowest BCUT2D eigenvalue weighted by molar-refractivity contribution is -0.385. The lowest BCUT2D eigenvalue weighted by Gasteiger charge is -2.11. The summed E-state index contributed by atoms with van der Waals surface area (Å²) in [6.45, 7) is 9.86. The van der Waals surface area contributed by atoms with Crippen LogP contribution in [0.5, 0.6) is 0 Å². The average molecular weight is 487 g/mol. The smallest absolute Gasteiger partial charge is 0.274 e. The van der Waals surface area contributed by atoms with Gasteiger partial charge in [0.15, 0.2) is 0 Å². The summed E-state index contributed by atoms with van der Waals surface area (Å²) in [6.07, 6.45) is 1.78. The van der Waals surface area contributed by atoms with Crippen LogP contribution in [-0.2, 0) is 0 Å². The first kappa shape index (κ1) is 20.3. The number of halogens is 1. The predicted octanol–water partition coefficient (Wildman–Crippen LogP) is 6.28. The molecule has 5 nitrogen and oxygen atoms in total. The molecule has 0 radical (unpaired) electrons. The number of aryl methyl sites for hydroxylation is 3. The summed E-state index contributed by atoms with van der Waals surface area (Å²) in [7, 11) is 0. The van der Waals surface area contributed by atoms with Gasteiger partial charge in [-0.1, -0.05) is 0 Å². The zero-order chi connectivity index (χ0) is 20.6. The van der Waals surface area contributed by atoms with Gasteiger partial charge in [0, 0.05) is 44.1 Å². The molecule has 144 valence electrons. The summed E-state index contributed by atoms with van der Waals surface area (Å²) >= 11 is 2.34. The molecule has 1 heterocycles. The second-order valence-electron chi connectivity index (χ2n) is 7.02. The van der Waals surface area contributed by atoms with Crippen LogP contribution in [0.3, 0.4) is 0 Å². The SMILES string of the molecule is Cc1cc(-n2c(C)cc(C=Nc3cc(C)c(C)c([N+](=O)[O-])c3)c2C)ccc1I. The summed E-state index contributed by atoms with van der Waals surface area (Å²) in [5.41, 5.74) is 7.78. The van der Waals surface area contributed by atoms with Crippen molar-refractivity contribution in [1.29, 1.82) is 0 Å². The Morgan fingerprint density at radius 2 is 1.75 bits per heavy atom. The Balaban J connectivity index is 2.00. The fourth-order valence-electron chi connectivity index (χ4n) is 3.31. The van der Waals surface area contributed by atoms with E-state index in [9.17, 15) is 10.1 Å². The van der Waals surface area contributed by atoms with Crippen LogP contribution in [0.2, 0.25) is 0 Å². The maximum Gasteiger partial charge on any atom is 0.274 e. The van der Waals surface area contributed by atoms with Crippen LogP contribution in [0, 0.1) is 48.3 Å². The number of benzene rings is 2. The molecule has 0 saturated carbocycles. The van der Waals surface area contributed by atoms with Crippen molar-refractivity contribution in [2.45, 2.75) is 34.6 Å². The highest BCUT2D eigenvalue weighted by Crippen LogP contribution is 2.28. The zero-order valence-electron chi connectivity index (χ0n) is 16.6. The number of aromatic nitrogens is 1. The number of nitro benzene ring substituents is 1. The number of hydrogen-bond acceptors (Lipinski definition) is 3. The normalized spacial score (nSPS) is 11.4. The summed E-state index contributed by atoms with van der Waals surface area (Å²) in [5.74, 6) is 0. The number of rotatable bonds is 4. The molecule has 0 unspecified atom stereocenters. The highest BCUT2D eigenvalue weighted by Gasteiger charge is 2.14. The molecule has 0 atom stereocenters. The third-order valence-corrected chi connectivity index (χ3v) is 6.25. The Hall–Kier alpha value is -2.48. The van der Waals surface area contributed by atoms with Crippen molar-refractivity contribution < 1.29 is 4.92 Å². The maximum absolute atomic E-state index is 11.3. The second-order valence-corrected chi connectivity index (χ2v) is 8.18. The van der Waals surface area contributed by atoms with Crippen LogP contribution in [0.1, 0.15) is 33.6 Å². The highest BCUT2D eigenvalue weighted by molar-refractivity contribution is 14.1. The van der Waals surface area contributed by atoms with Crippen molar-refractivity contribution in [2.24, 2.45) is 4.99 Å². The van der Waals surface area contributed by atoms with Gasteiger partial charge < -0.3 is 4.57 Å². The second kappa shape index (κ2) is 7.87. The Bertz CT molecular complexity index is 1110. The molecule has 0 spiro atoms. The molecule has 0 N–H and O–H groups in total. The molecule has 0 aliphatic heterocycles. The van der Waals surface area contributed by atoms with Crippen LogP contribution in [0.25, 0.3) is 5.69 Å². The van der Waals surface area contributed by atoms with Crippen LogP contribution in [0.15, 0.2) is 41.4 Å². The molecule has 0 fully saturated rings. The highest BCUT2D eigenvalue weighted by atomic mass is 127. The minimum Gasteiger partial charge on any atom is -0.318 e. The zero-order valence-corrected chi connectivity index (χ0v) is 18.7. The van der Waals surface area contributed by atoms with Gasteiger partial charge in [-0.25, -0.2) is 0 Å². The molecular formula is C22H22IN3O2. The van der Waals surface area contributed by atoms with Crippen molar-refractivity contribution in [3.8, 4) is 5.69 Å². The summed E-state index contributed by atoms with van der Waals surface area (Å²) < 4.78 is 3.44. The van der Waals surface area contributed by atoms with Crippen LogP contribution in [0.4, 0.5) is 11.4 Å². The van der Waals surface area contributed by atoms with Gasteiger partial charge in [-0.2, -0.15) is 0 Å². The van der Waals surface area contributed by atoms with E-state index in [0.717, 1.165) is 28.2 Å². The fraction of sp³-hybridized carbons (Fsp3) is 0.227. The van der Waals surface area contributed by atoms with Crippen molar-refractivity contribution >= 4 is 40.2 Å². The number of hydrogen-bond donors (Lipinski definition) is 0. The third-order valence-electron chi connectivity index (χ3n) is 5.04. The maximum atomic E-state index is 11.3. The number of nitrogens with zero attached hydrogens (tertiary/aromatic N) is 3. The van der Waals surface area contributed by atoms with E-state index in [1.54, 1.807) is 13.1 Å². The first-order valence-corrected chi connectivity index (χ1v) is 10.0. The van der Waals surface area contributed by atoms with Crippen LogP contribution in [-0.4, -0.2) is 15.7 Å². The molecule has 1 aromatic heterocycles. The minimum atomic E-state index is -0.355. The molecule has 0 saturated heterocycles. The first-order chi connectivity index (χ1) is 13.2. The van der Waals surface area contributed by atoms with Gasteiger partial charge in [-0.3, -0.25) is 15.1 Å². The molecule has 28 heavy (non-hydrogen) atoms. The van der Waals surface area contributed by atoms with E-state index in [0.29, 0.717) is 11.3 Å². The van der Waals surface area contributed by atoms with Crippen molar-refractivity contribution in [3.05, 3.63) is 83.7 Å². The molecule has 3 aromatic rings. The standard InChI is InChI=1S/C22H22IN3O2/c1-13-8-19(11-22(16(13)4)26(27)28)24-12-18-10-15(3)25(17(18)5)20-6-7-21(23)14(2)9-20/h6-12H,1-5H3. The lowest BCUT2D eigenvalue weighted by atomic mass is 10.1. The van der Waals surface area contributed by atoms with Gasteiger partial charge in [-0.15, -0.1) is 0 Å². The van der Waals surface area contributed by atoms with E-state index in [2.05, 4.69) is 77.2 Å². The Morgan fingerprint density at radius 3 is 2.39 bits per heavy atom. The van der Waals surface area contributed by atoms with E-state index in [-0.39, 0.29) is 10.6 Å². The minimum absolute atomic E-state index is 0.104. The topological polar surface area (TPSA) is 60.4 Å². The molecule has 3 rings (SSSR count). The van der Waals surface area contributed by atoms with Gasteiger partial charge >= 0.3 is 0 Å². The van der Waals surface area contributed by atoms with E-state index >= 15 is 0 Å². The summed E-state index contributed by atoms with van der Waals surface area (Å²) in [6, 6.07) is 11.9. The van der Waals surface area contributed by atoms with Gasteiger partial charge in [0.05, 0.1) is 10.6 Å². The largest absolute Gasteiger partial charge is 0.318 e. The van der Waals surface area contributed by atoms with Gasteiger partial charge in [0.1, 0.15) is 0 Å². The molecule has 0 bridgehead atoms. The van der Waals surface area contributed by atoms with Crippen LogP contribution >= 0.6 is 22.6 Å². The molecule has 0 amide bonds. The first-order valence-electron chi connectivity index (χ1n) is 8.94. The van der Waals surface area contributed by atoms with Gasteiger partial charge in [0.2, 0.25) is 0 Å². The molecule has 0 aliphatic rings. The van der Waals surface area contributed by atoms with E-state index in [1.165, 1.54) is 15.2 Å². The molecule has 2 aromatic carbocycles. The third kappa shape index (κ3) is 3.87. The average Bonchev–Trinajstić information content (AvgIpc) is 2.91. The Labute approximate surface area is 178 Å². The Kier molecular flexibility index (Phi) is 5.69. The monoisotopic (exact) mass is 487 g/mol. The predicted molar refractivity (Wildman–Crippen MR) is 123 cm³/mol. The van der Waals surface area contributed by atoms with E-state index in [4.69, 9.17) is 0 Å². The molecular weight excluding hydrogens is 465 g/mol. The van der Waals surface area contributed by atoms with Gasteiger partial charge in [0.25, 0.3) is 5.69 Å². The van der Waals surface area contributed by atoms with Crippen molar-refractivity contribution in [3.63, 3.8) is 0 Å². The number of aliphatic imine (C=N–C) groups is 1. The summed E-state index contributed by atoms with van der Waals surface area (Å²) in [4.78, 5) is 15.4. The van der Waals surface area contributed by atoms with Gasteiger partial charge in [-0.05, 0) is 98.7 Å². The van der Waals surface area contributed by atoms with Crippen molar-refractivity contribution in [2.75, 3.05) is 0 Å². The molecule has 6 heteroatoms. The molecule has 0 aliphatic carbocycles. The van der Waals surface area contributed by atoms with Crippen molar-refractivity contribution in [1.82, 2.24) is 4.57 Å².